The molecular weight excluding hydrogens is 374 g/mol. The van der Waals surface area contributed by atoms with Crippen LogP contribution in [0.5, 0.6) is 0 Å². The lowest BCUT2D eigenvalue weighted by atomic mass is 10.1. The van der Waals surface area contributed by atoms with E-state index in [9.17, 15) is 4.79 Å². The lowest BCUT2D eigenvalue weighted by Crippen LogP contribution is -2.34. The van der Waals surface area contributed by atoms with Crippen molar-refractivity contribution in [1.29, 1.82) is 0 Å². The van der Waals surface area contributed by atoms with Gasteiger partial charge in [-0.15, -0.1) is 0 Å². The topological polar surface area (TPSA) is 47.4 Å². The van der Waals surface area contributed by atoms with Crippen molar-refractivity contribution in [2.45, 2.75) is 12.5 Å². The zero-order chi connectivity index (χ0) is 19.5. The highest BCUT2D eigenvalue weighted by atomic mass is 35.5. The molecule has 5 nitrogen and oxygen atoms in total. The molecule has 28 heavy (non-hydrogen) atoms. The quantitative estimate of drug-likeness (QED) is 0.662. The van der Waals surface area contributed by atoms with Crippen molar-refractivity contribution in [2.75, 3.05) is 19.7 Å². The summed E-state index contributed by atoms with van der Waals surface area (Å²) >= 11 is 6.34. The molecule has 0 saturated carbocycles. The van der Waals surface area contributed by atoms with Gasteiger partial charge >= 0.3 is 0 Å². The molecule has 2 aromatic carbocycles. The van der Waals surface area contributed by atoms with Crippen molar-refractivity contribution < 1.29 is 9.53 Å². The summed E-state index contributed by atoms with van der Waals surface area (Å²) in [6, 6.07) is 15.3. The van der Waals surface area contributed by atoms with Crippen LogP contribution in [-0.4, -0.2) is 40.3 Å². The smallest absolute Gasteiger partial charge is 0.253 e. The van der Waals surface area contributed by atoms with Crippen molar-refractivity contribution in [1.82, 2.24) is 14.7 Å². The predicted octanol–water partition coefficient (Wildman–Crippen LogP) is 4.34. The molecule has 1 amide bonds. The number of amides is 1. The van der Waals surface area contributed by atoms with E-state index in [1.807, 2.05) is 72.9 Å². The molecule has 0 bridgehead atoms. The average molecular weight is 396 g/mol. The Kier molecular flexibility index (Phi) is 5.46. The summed E-state index contributed by atoms with van der Waals surface area (Å²) < 4.78 is 7.74. The van der Waals surface area contributed by atoms with Crippen LogP contribution < -0.4 is 0 Å². The zero-order valence-electron chi connectivity index (χ0n) is 15.7. The second kappa shape index (κ2) is 8.17. The van der Waals surface area contributed by atoms with Crippen molar-refractivity contribution in [3.8, 4) is 11.1 Å². The molecule has 1 saturated heterocycles. The normalized spacial score (nSPS) is 17.4. The molecule has 1 atom stereocenters. The molecule has 2 heterocycles. The Morgan fingerprint density at radius 1 is 1.14 bits per heavy atom. The van der Waals surface area contributed by atoms with Crippen LogP contribution in [0.2, 0.25) is 5.02 Å². The molecule has 0 aliphatic carbocycles. The Balaban J connectivity index is 1.52. The molecule has 4 rings (SSSR count). The van der Waals surface area contributed by atoms with Crippen LogP contribution in [0.4, 0.5) is 0 Å². The number of carbonyl (C=O) groups excluding carboxylic acids is 1. The summed E-state index contributed by atoms with van der Waals surface area (Å²) in [6.07, 6.45) is 4.37. The molecule has 1 aliphatic heterocycles. The van der Waals surface area contributed by atoms with E-state index in [1.165, 1.54) is 0 Å². The predicted molar refractivity (Wildman–Crippen MR) is 109 cm³/mol. The average Bonchev–Trinajstić information content (AvgIpc) is 3.00. The second-order valence-electron chi connectivity index (χ2n) is 6.97. The Hall–Kier alpha value is -2.63. The number of benzene rings is 2. The number of hydrogen-bond acceptors (Lipinski definition) is 3. The molecule has 1 aromatic heterocycles. The van der Waals surface area contributed by atoms with E-state index in [0.717, 1.165) is 23.1 Å². The maximum absolute atomic E-state index is 13.1. The Labute approximate surface area is 169 Å². The number of ether oxygens (including phenoxy) is 1. The number of aromatic nitrogens is 2. The maximum Gasteiger partial charge on any atom is 0.253 e. The first-order valence-corrected chi connectivity index (χ1v) is 9.74. The van der Waals surface area contributed by atoms with Gasteiger partial charge in [0.15, 0.2) is 0 Å². The molecule has 1 fully saturated rings. The van der Waals surface area contributed by atoms with Gasteiger partial charge in [-0.3, -0.25) is 9.48 Å². The minimum absolute atomic E-state index is 0.0142. The molecule has 144 valence electrons. The maximum atomic E-state index is 13.1. The monoisotopic (exact) mass is 395 g/mol. The van der Waals surface area contributed by atoms with E-state index in [0.29, 0.717) is 30.3 Å². The van der Waals surface area contributed by atoms with Crippen LogP contribution in [0.25, 0.3) is 11.1 Å². The number of rotatable bonds is 3. The molecule has 1 aliphatic rings. The van der Waals surface area contributed by atoms with E-state index in [2.05, 4.69) is 5.10 Å². The van der Waals surface area contributed by atoms with Crippen molar-refractivity contribution in [3.05, 3.63) is 77.1 Å². The first-order chi connectivity index (χ1) is 13.6. The van der Waals surface area contributed by atoms with Crippen LogP contribution in [-0.2, 0) is 11.8 Å². The Morgan fingerprint density at radius 2 is 1.93 bits per heavy atom. The van der Waals surface area contributed by atoms with Crippen LogP contribution in [0.1, 0.15) is 28.4 Å². The standard InChI is InChI=1S/C22H22ClN3O2/c1-25-14-18(13-24-25)16-7-9-17(10-8-16)22(27)26-11-4-12-28-21(15-26)19-5-2-3-6-20(19)23/h2-3,5-10,13-14,21H,4,11-12,15H2,1H3. The summed E-state index contributed by atoms with van der Waals surface area (Å²) in [5.41, 5.74) is 3.67. The minimum atomic E-state index is -0.213. The molecular formula is C22H22ClN3O2. The molecule has 6 heteroatoms. The number of carbonyl (C=O) groups is 1. The van der Waals surface area contributed by atoms with Gasteiger partial charge in [-0.1, -0.05) is 41.9 Å². The first-order valence-electron chi connectivity index (χ1n) is 9.36. The molecule has 0 radical (unpaired) electrons. The van der Waals surface area contributed by atoms with Crippen LogP contribution in [0.3, 0.4) is 0 Å². The fourth-order valence-corrected chi connectivity index (χ4v) is 3.75. The first kappa shape index (κ1) is 18.7. The molecule has 0 N–H and O–H groups in total. The summed E-state index contributed by atoms with van der Waals surface area (Å²) in [5, 5.41) is 4.86. The van der Waals surface area contributed by atoms with Gasteiger partial charge in [0.25, 0.3) is 5.91 Å². The van der Waals surface area contributed by atoms with E-state index in [4.69, 9.17) is 16.3 Å². The third-order valence-electron chi connectivity index (χ3n) is 4.99. The fraction of sp³-hybridized carbons (Fsp3) is 0.273. The number of nitrogens with zero attached hydrogens (tertiary/aromatic N) is 3. The highest BCUT2D eigenvalue weighted by Gasteiger charge is 2.25. The summed E-state index contributed by atoms with van der Waals surface area (Å²) in [6.45, 7) is 1.77. The molecule has 0 spiro atoms. The van der Waals surface area contributed by atoms with Gasteiger partial charge in [0, 0.05) is 48.1 Å². The van der Waals surface area contributed by atoms with Crippen LogP contribution in [0.15, 0.2) is 60.9 Å². The van der Waals surface area contributed by atoms with Gasteiger partial charge in [0.2, 0.25) is 0 Å². The fourth-order valence-electron chi connectivity index (χ4n) is 3.49. The van der Waals surface area contributed by atoms with E-state index in [-0.39, 0.29) is 12.0 Å². The largest absolute Gasteiger partial charge is 0.372 e. The lowest BCUT2D eigenvalue weighted by molar-refractivity contribution is 0.0473. The molecule has 1 unspecified atom stereocenters. The summed E-state index contributed by atoms with van der Waals surface area (Å²) in [4.78, 5) is 14.9. The van der Waals surface area contributed by atoms with E-state index in [1.54, 1.807) is 4.68 Å². The minimum Gasteiger partial charge on any atom is -0.372 e. The highest BCUT2D eigenvalue weighted by Crippen LogP contribution is 2.29. The van der Waals surface area contributed by atoms with Crippen molar-refractivity contribution in [2.24, 2.45) is 7.05 Å². The zero-order valence-corrected chi connectivity index (χ0v) is 16.5. The highest BCUT2D eigenvalue weighted by molar-refractivity contribution is 6.31. The number of aryl methyl sites for hydroxylation is 1. The van der Waals surface area contributed by atoms with Gasteiger partial charge in [-0.05, 0) is 30.2 Å². The SMILES string of the molecule is Cn1cc(-c2ccc(C(=O)N3CCCOC(c4ccccc4Cl)C3)cc2)cn1. The summed E-state index contributed by atoms with van der Waals surface area (Å²) in [7, 11) is 1.89. The molecule has 3 aromatic rings. The third-order valence-corrected chi connectivity index (χ3v) is 5.33. The van der Waals surface area contributed by atoms with Gasteiger partial charge < -0.3 is 9.64 Å². The van der Waals surface area contributed by atoms with E-state index < -0.39 is 0 Å². The van der Waals surface area contributed by atoms with Crippen LogP contribution >= 0.6 is 11.6 Å². The Bertz CT molecular complexity index is 968. The van der Waals surface area contributed by atoms with Gasteiger partial charge in [-0.2, -0.15) is 5.10 Å². The number of hydrogen-bond donors (Lipinski definition) is 0. The van der Waals surface area contributed by atoms with Crippen LogP contribution in [0, 0.1) is 0 Å². The van der Waals surface area contributed by atoms with Crippen molar-refractivity contribution >= 4 is 17.5 Å². The third kappa shape index (κ3) is 3.96. The second-order valence-corrected chi connectivity index (χ2v) is 7.37. The van der Waals surface area contributed by atoms with Gasteiger partial charge in [-0.25, -0.2) is 0 Å². The summed E-state index contributed by atoms with van der Waals surface area (Å²) in [5.74, 6) is 0.0142. The van der Waals surface area contributed by atoms with Gasteiger partial charge in [0.05, 0.1) is 12.7 Å². The van der Waals surface area contributed by atoms with E-state index >= 15 is 0 Å². The Morgan fingerprint density at radius 3 is 2.64 bits per heavy atom. The van der Waals surface area contributed by atoms with Gasteiger partial charge in [0.1, 0.15) is 6.10 Å². The van der Waals surface area contributed by atoms with Crippen molar-refractivity contribution in [3.63, 3.8) is 0 Å². The lowest BCUT2D eigenvalue weighted by Gasteiger charge is -2.25. The number of halogens is 1.